The summed E-state index contributed by atoms with van der Waals surface area (Å²) >= 11 is 0. The normalized spacial score (nSPS) is 17.1. The maximum Gasteiger partial charge on any atom is 0.328 e. The van der Waals surface area contributed by atoms with Crippen molar-refractivity contribution in [2.75, 3.05) is 6.54 Å². The Kier molecular flexibility index (Phi) is 2.17. The van der Waals surface area contributed by atoms with Crippen molar-refractivity contribution in [1.29, 1.82) is 0 Å². The van der Waals surface area contributed by atoms with Crippen molar-refractivity contribution in [1.82, 2.24) is 10.2 Å². The molecule has 0 aliphatic carbocycles. The van der Waals surface area contributed by atoms with Gasteiger partial charge in [-0.25, -0.2) is 4.79 Å². The maximum absolute atomic E-state index is 11.1. The monoisotopic (exact) mass is 168 g/mol. The first-order chi connectivity index (χ1) is 5.52. The number of carbonyl (C=O) groups excluding carboxylic acids is 2. The van der Waals surface area contributed by atoms with Gasteiger partial charge in [-0.2, -0.15) is 0 Å². The number of amides is 3. The minimum Gasteiger partial charge on any atom is -0.289 e. The molecule has 0 aromatic heterocycles. The molecule has 3 amide bonds. The minimum absolute atomic E-state index is 0.107. The number of nitrogens with zero attached hydrogens (tertiary/aromatic N) is 1. The van der Waals surface area contributed by atoms with Crippen LogP contribution in [0.1, 0.15) is 13.8 Å². The number of rotatable bonds is 2. The van der Waals surface area contributed by atoms with Crippen LogP contribution in [0, 0.1) is 5.92 Å². The lowest BCUT2D eigenvalue weighted by Gasteiger charge is -2.18. The van der Waals surface area contributed by atoms with Crippen LogP contribution in [0.25, 0.3) is 0 Å². The molecule has 1 heterocycles. The molecule has 0 aromatic rings. The van der Waals surface area contributed by atoms with Crippen molar-refractivity contribution < 1.29 is 9.59 Å². The molecular formula is C8H12N2O2. The van der Waals surface area contributed by atoms with Gasteiger partial charge in [0.05, 0.1) is 0 Å². The van der Waals surface area contributed by atoms with Crippen molar-refractivity contribution in [3.8, 4) is 0 Å². The van der Waals surface area contributed by atoms with E-state index in [-0.39, 0.29) is 24.4 Å². The Morgan fingerprint density at radius 3 is 2.50 bits per heavy atom. The van der Waals surface area contributed by atoms with Crippen LogP contribution in [0.2, 0.25) is 0 Å². The summed E-state index contributed by atoms with van der Waals surface area (Å²) in [6, 6.07) is -0.362. The third kappa shape index (κ3) is 1.47. The molecule has 1 aliphatic rings. The highest BCUT2D eigenvalue weighted by Gasteiger charge is 2.29. The molecule has 12 heavy (non-hydrogen) atoms. The van der Waals surface area contributed by atoms with Gasteiger partial charge in [-0.3, -0.25) is 15.0 Å². The molecule has 0 atom stereocenters. The summed E-state index contributed by atoms with van der Waals surface area (Å²) in [4.78, 5) is 23.2. The van der Waals surface area contributed by atoms with E-state index in [1.807, 2.05) is 13.8 Å². The van der Waals surface area contributed by atoms with E-state index >= 15 is 0 Å². The van der Waals surface area contributed by atoms with Gasteiger partial charge in [0.15, 0.2) is 0 Å². The van der Waals surface area contributed by atoms with Gasteiger partial charge in [-0.1, -0.05) is 20.4 Å². The minimum atomic E-state index is -0.362. The molecule has 0 spiro atoms. The molecule has 0 saturated carbocycles. The number of nitrogens with one attached hydrogen (secondary N) is 1. The summed E-state index contributed by atoms with van der Waals surface area (Å²) in [7, 11) is 0. The van der Waals surface area contributed by atoms with Gasteiger partial charge in [0, 0.05) is 5.70 Å². The predicted molar refractivity (Wildman–Crippen MR) is 44.2 cm³/mol. The fourth-order valence-electron chi connectivity index (χ4n) is 0.985. The van der Waals surface area contributed by atoms with Gasteiger partial charge in [0.25, 0.3) is 0 Å². The zero-order chi connectivity index (χ0) is 9.30. The van der Waals surface area contributed by atoms with Gasteiger partial charge in [0.2, 0.25) is 5.91 Å². The first-order valence-corrected chi connectivity index (χ1v) is 3.82. The summed E-state index contributed by atoms with van der Waals surface area (Å²) in [6.07, 6.45) is 0. The number of allylic oxidation sites excluding steroid dienone is 1. The molecule has 66 valence electrons. The van der Waals surface area contributed by atoms with Crippen molar-refractivity contribution >= 4 is 11.9 Å². The topological polar surface area (TPSA) is 49.4 Å². The first kappa shape index (κ1) is 8.77. The Bertz CT molecular complexity index is 245. The fourth-order valence-corrected chi connectivity index (χ4v) is 0.985. The number of hydrogen-bond donors (Lipinski definition) is 1. The van der Waals surface area contributed by atoms with Gasteiger partial charge >= 0.3 is 6.03 Å². The maximum atomic E-state index is 11.1. The van der Waals surface area contributed by atoms with Crippen LogP contribution in [-0.2, 0) is 4.79 Å². The van der Waals surface area contributed by atoms with Crippen molar-refractivity contribution in [3.63, 3.8) is 0 Å². The molecule has 0 aromatic carbocycles. The summed E-state index contributed by atoms with van der Waals surface area (Å²) in [5, 5.41) is 2.19. The number of urea groups is 1. The lowest BCUT2D eigenvalue weighted by atomic mass is 10.1. The SMILES string of the molecule is C=C(C(C)C)N1CC(=O)NC1=O. The van der Waals surface area contributed by atoms with Gasteiger partial charge in [-0.05, 0) is 5.92 Å². The standard InChI is InChI=1S/C8H12N2O2/c1-5(2)6(3)10-4-7(11)9-8(10)12/h5H,3-4H2,1-2H3,(H,9,11,12). The molecule has 1 aliphatic heterocycles. The predicted octanol–water partition coefficient (Wildman–Crippen LogP) is 0.708. The summed E-state index contributed by atoms with van der Waals surface area (Å²) in [6.45, 7) is 7.70. The quantitative estimate of drug-likeness (QED) is 0.617. The average Bonchev–Trinajstić information content (AvgIpc) is 2.28. The van der Waals surface area contributed by atoms with E-state index < -0.39 is 0 Å². The van der Waals surface area contributed by atoms with E-state index in [0.717, 1.165) is 0 Å². The van der Waals surface area contributed by atoms with E-state index in [2.05, 4.69) is 11.9 Å². The average molecular weight is 168 g/mol. The lowest BCUT2D eigenvalue weighted by molar-refractivity contribution is -0.118. The second-order valence-electron chi connectivity index (χ2n) is 3.09. The summed E-state index contributed by atoms with van der Waals surface area (Å²) in [5.74, 6) is -0.0801. The highest BCUT2D eigenvalue weighted by molar-refractivity contribution is 6.02. The Hall–Kier alpha value is -1.32. The van der Waals surface area contributed by atoms with Gasteiger partial charge in [-0.15, -0.1) is 0 Å². The van der Waals surface area contributed by atoms with E-state index in [4.69, 9.17) is 0 Å². The molecular weight excluding hydrogens is 156 g/mol. The van der Waals surface area contributed by atoms with E-state index in [1.165, 1.54) is 4.90 Å². The van der Waals surface area contributed by atoms with Crippen LogP contribution in [0.4, 0.5) is 4.79 Å². The largest absolute Gasteiger partial charge is 0.328 e. The molecule has 0 bridgehead atoms. The van der Waals surface area contributed by atoms with E-state index in [1.54, 1.807) is 0 Å². The van der Waals surface area contributed by atoms with Crippen molar-refractivity contribution in [3.05, 3.63) is 12.3 Å². The molecule has 0 radical (unpaired) electrons. The lowest BCUT2D eigenvalue weighted by Crippen LogP contribution is -2.29. The van der Waals surface area contributed by atoms with Crippen LogP contribution in [0.15, 0.2) is 12.3 Å². The highest BCUT2D eigenvalue weighted by atomic mass is 16.2. The van der Waals surface area contributed by atoms with Crippen molar-refractivity contribution in [2.45, 2.75) is 13.8 Å². The van der Waals surface area contributed by atoms with Gasteiger partial charge in [0.1, 0.15) is 6.54 Å². The zero-order valence-electron chi connectivity index (χ0n) is 7.26. The summed E-state index contributed by atoms with van der Waals surface area (Å²) in [5.41, 5.74) is 0.679. The summed E-state index contributed by atoms with van der Waals surface area (Å²) < 4.78 is 0. The van der Waals surface area contributed by atoms with Crippen molar-refractivity contribution in [2.24, 2.45) is 5.92 Å². The van der Waals surface area contributed by atoms with Gasteiger partial charge < -0.3 is 0 Å². The number of carbonyl (C=O) groups is 2. The molecule has 4 heteroatoms. The smallest absolute Gasteiger partial charge is 0.289 e. The third-order valence-electron chi connectivity index (χ3n) is 1.81. The Labute approximate surface area is 71.2 Å². The number of hydrogen-bond acceptors (Lipinski definition) is 2. The Balaban J connectivity index is 2.71. The third-order valence-corrected chi connectivity index (χ3v) is 1.81. The molecule has 1 fully saturated rings. The van der Waals surface area contributed by atoms with E-state index in [0.29, 0.717) is 5.70 Å². The molecule has 1 N–H and O–H groups in total. The van der Waals surface area contributed by atoms with Crippen LogP contribution < -0.4 is 5.32 Å². The van der Waals surface area contributed by atoms with Crippen LogP contribution in [-0.4, -0.2) is 23.4 Å². The fraction of sp³-hybridized carbons (Fsp3) is 0.500. The highest BCUT2D eigenvalue weighted by Crippen LogP contribution is 2.15. The number of imide groups is 1. The zero-order valence-corrected chi connectivity index (χ0v) is 7.26. The molecule has 1 rings (SSSR count). The Morgan fingerprint density at radius 1 is 1.58 bits per heavy atom. The molecule has 1 saturated heterocycles. The second kappa shape index (κ2) is 2.97. The van der Waals surface area contributed by atoms with Crippen LogP contribution >= 0.6 is 0 Å². The van der Waals surface area contributed by atoms with E-state index in [9.17, 15) is 9.59 Å². The van der Waals surface area contributed by atoms with Crippen LogP contribution in [0.3, 0.4) is 0 Å². The molecule has 0 unspecified atom stereocenters. The first-order valence-electron chi connectivity index (χ1n) is 3.82. The second-order valence-corrected chi connectivity index (χ2v) is 3.09. The Morgan fingerprint density at radius 2 is 2.17 bits per heavy atom. The van der Waals surface area contributed by atoms with Crippen LogP contribution in [0.5, 0.6) is 0 Å². The molecule has 4 nitrogen and oxygen atoms in total.